The van der Waals surface area contributed by atoms with Crippen LogP contribution in [0.15, 0.2) is 4.99 Å². The van der Waals surface area contributed by atoms with Crippen LogP contribution in [-0.2, 0) is 9.47 Å². The van der Waals surface area contributed by atoms with Crippen LogP contribution in [0.5, 0.6) is 0 Å². The van der Waals surface area contributed by atoms with E-state index in [-0.39, 0.29) is 0 Å². The molecule has 1 atom stereocenters. The zero-order valence-corrected chi connectivity index (χ0v) is 16.3. The molecule has 0 radical (unpaired) electrons. The van der Waals surface area contributed by atoms with Crippen molar-refractivity contribution in [2.24, 2.45) is 10.9 Å². The molecule has 2 aliphatic rings. The first-order valence-electron chi connectivity index (χ1n) is 10.2. The van der Waals surface area contributed by atoms with Crippen LogP contribution in [0.4, 0.5) is 0 Å². The second kappa shape index (κ2) is 12.5. The van der Waals surface area contributed by atoms with Gasteiger partial charge in [-0.3, -0.25) is 4.99 Å². The van der Waals surface area contributed by atoms with Gasteiger partial charge in [0.15, 0.2) is 5.96 Å². The minimum Gasteiger partial charge on any atom is -0.379 e. The lowest BCUT2D eigenvalue weighted by Gasteiger charge is -2.15. The monoisotopic (exact) mass is 354 g/mol. The summed E-state index contributed by atoms with van der Waals surface area (Å²) in [5.41, 5.74) is 0. The third-order valence-electron chi connectivity index (χ3n) is 4.79. The zero-order chi connectivity index (χ0) is 17.7. The minimum absolute atomic E-state index is 0.665. The van der Waals surface area contributed by atoms with Crippen molar-refractivity contribution < 1.29 is 9.47 Å². The van der Waals surface area contributed by atoms with Gasteiger partial charge >= 0.3 is 0 Å². The lowest BCUT2D eigenvalue weighted by Crippen LogP contribution is -2.39. The number of nitrogens with one attached hydrogen (secondary N) is 2. The SMILES string of the molecule is CCCCOCCOCCNC(=NCC1CCN(C2CC2)C1)NCC. The van der Waals surface area contributed by atoms with E-state index in [9.17, 15) is 0 Å². The van der Waals surface area contributed by atoms with Gasteiger partial charge < -0.3 is 25.0 Å². The summed E-state index contributed by atoms with van der Waals surface area (Å²) in [6, 6.07) is 0.892. The van der Waals surface area contributed by atoms with Crippen LogP contribution in [0.1, 0.15) is 46.0 Å². The number of ether oxygens (including phenoxy) is 2. The highest BCUT2D eigenvalue weighted by Crippen LogP contribution is 2.31. The maximum Gasteiger partial charge on any atom is 0.191 e. The predicted molar refractivity (Wildman–Crippen MR) is 103 cm³/mol. The van der Waals surface area contributed by atoms with Gasteiger partial charge in [0.25, 0.3) is 0 Å². The van der Waals surface area contributed by atoms with Gasteiger partial charge in [-0.25, -0.2) is 0 Å². The van der Waals surface area contributed by atoms with E-state index >= 15 is 0 Å². The second-order valence-corrected chi connectivity index (χ2v) is 7.11. The number of unbranched alkanes of at least 4 members (excludes halogenated alkanes) is 1. The fourth-order valence-electron chi connectivity index (χ4n) is 3.16. The molecule has 2 rings (SSSR count). The lowest BCUT2D eigenvalue weighted by atomic mass is 10.1. The van der Waals surface area contributed by atoms with Crippen molar-refractivity contribution in [3.05, 3.63) is 0 Å². The maximum atomic E-state index is 5.59. The maximum absolute atomic E-state index is 5.59. The number of hydrogen-bond donors (Lipinski definition) is 2. The fraction of sp³-hybridized carbons (Fsp3) is 0.947. The molecule has 25 heavy (non-hydrogen) atoms. The van der Waals surface area contributed by atoms with Crippen LogP contribution in [0.3, 0.4) is 0 Å². The average molecular weight is 355 g/mol. The van der Waals surface area contributed by atoms with E-state index in [1.54, 1.807) is 0 Å². The highest BCUT2D eigenvalue weighted by Gasteiger charge is 2.34. The van der Waals surface area contributed by atoms with Gasteiger partial charge in [-0.1, -0.05) is 13.3 Å². The molecule has 0 spiro atoms. The van der Waals surface area contributed by atoms with Crippen molar-refractivity contribution in [3.63, 3.8) is 0 Å². The molecular weight excluding hydrogens is 316 g/mol. The van der Waals surface area contributed by atoms with Gasteiger partial charge in [-0.05, 0) is 45.1 Å². The molecule has 2 N–H and O–H groups in total. The van der Waals surface area contributed by atoms with E-state index in [0.717, 1.165) is 44.7 Å². The number of guanidine groups is 1. The minimum atomic E-state index is 0.665. The molecule has 1 saturated carbocycles. The van der Waals surface area contributed by atoms with Gasteiger partial charge in [0.1, 0.15) is 0 Å². The third-order valence-corrected chi connectivity index (χ3v) is 4.79. The summed E-state index contributed by atoms with van der Waals surface area (Å²) in [7, 11) is 0. The summed E-state index contributed by atoms with van der Waals surface area (Å²) in [5.74, 6) is 1.63. The summed E-state index contributed by atoms with van der Waals surface area (Å²) >= 11 is 0. The topological polar surface area (TPSA) is 58.1 Å². The molecule has 0 amide bonds. The van der Waals surface area contributed by atoms with E-state index in [4.69, 9.17) is 14.5 Å². The van der Waals surface area contributed by atoms with E-state index < -0.39 is 0 Å². The Morgan fingerprint density at radius 3 is 2.56 bits per heavy atom. The summed E-state index contributed by atoms with van der Waals surface area (Å²) in [6.07, 6.45) is 6.41. The van der Waals surface area contributed by atoms with Crippen molar-refractivity contribution >= 4 is 5.96 Å². The van der Waals surface area contributed by atoms with Crippen molar-refractivity contribution in [3.8, 4) is 0 Å². The smallest absolute Gasteiger partial charge is 0.191 e. The highest BCUT2D eigenvalue weighted by atomic mass is 16.5. The Bertz CT molecular complexity index is 374. The van der Waals surface area contributed by atoms with Crippen molar-refractivity contribution in [1.29, 1.82) is 0 Å². The lowest BCUT2D eigenvalue weighted by molar-refractivity contribution is 0.0487. The Morgan fingerprint density at radius 2 is 1.84 bits per heavy atom. The van der Waals surface area contributed by atoms with Crippen molar-refractivity contribution in [2.45, 2.75) is 52.0 Å². The molecule has 2 fully saturated rings. The first-order valence-corrected chi connectivity index (χ1v) is 10.2. The van der Waals surface area contributed by atoms with Gasteiger partial charge in [-0.2, -0.15) is 0 Å². The molecule has 1 unspecified atom stereocenters. The Hall–Kier alpha value is -0.850. The van der Waals surface area contributed by atoms with Gasteiger partial charge in [0, 0.05) is 38.8 Å². The van der Waals surface area contributed by atoms with Crippen LogP contribution < -0.4 is 10.6 Å². The third kappa shape index (κ3) is 8.88. The predicted octanol–water partition coefficient (Wildman–Crippen LogP) is 1.86. The molecule has 1 heterocycles. The van der Waals surface area contributed by atoms with Gasteiger partial charge in [0.05, 0.1) is 19.8 Å². The Labute approximate surface area is 153 Å². The molecule has 6 nitrogen and oxygen atoms in total. The molecule has 6 heteroatoms. The molecule has 0 aromatic rings. The fourth-order valence-corrected chi connectivity index (χ4v) is 3.16. The van der Waals surface area contributed by atoms with Gasteiger partial charge in [0.2, 0.25) is 0 Å². The molecule has 1 saturated heterocycles. The second-order valence-electron chi connectivity index (χ2n) is 7.11. The Morgan fingerprint density at radius 1 is 1.04 bits per heavy atom. The average Bonchev–Trinajstić information content (AvgIpc) is 3.36. The number of likely N-dealkylation sites (tertiary alicyclic amines) is 1. The van der Waals surface area contributed by atoms with Crippen LogP contribution in [0.2, 0.25) is 0 Å². The Balaban J connectivity index is 1.52. The first kappa shape index (κ1) is 20.5. The molecule has 0 aromatic heterocycles. The van der Waals surface area contributed by atoms with E-state index in [0.29, 0.717) is 25.7 Å². The Kier molecular flexibility index (Phi) is 10.2. The summed E-state index contributed by atoms with van der Waals surface area (Å²) in [5, 5.41) is 6.68. The molecule has 146 valence electrons. The molecule has 0 aromatic carbocycles. The highest BCUT2D eigenvalue weighted by molar-refractivity contribution is 5.79. The first-order chi connectivity index (χ1) is 12.3. The number of nitrogens with zero attached hydrogens (tertiary/aromatic N) is 2. The van der Waals surface area contributed by atoms with Crippen molar-refractivity contribution in [2.75, 3.05) is 59.2 Å². The molecular formula is C19H38N4O2. The summed E-state index contributed by atoms with van der Waals surface area (Å²) in [4.78, 5) is 7.41. The van der Waals surface area contributed by atoms with Crippen LogP contribution >= 0.6 is 0 Å². The molecule has 1 aliphatic heterocycles. The molecule has 1 aliphatic carbocycles. The normalized spacial score (nSPS) is 21.7. The van der Waals surface area contributed by atoms with E-state index in [2.05, 4.69) is 29.4 Å². The zero-order valence-electron chi connectivity index (χ0n) is 16.3. The summed E-state index contributed by atoms with van der Waals surface area (Å²) < 4.78 is 11.1. The number of hydrogen-bond acceptors (Lipinski definition) is 4. The van der Waals surface area contributed by atoms with Crippen molar-refractivity contribution in [1.82, 2.24) is 15.5 Å². The van der Waals surface area contributed by atoms with Crippen LogP contribution in [0, 0.1) is 5.92 Å². The standard InChI is InChI=1S/C19H38N4O2/c1-3-5-11-24-13-14-25-12-9-21-19(20-4-2)22-15-17-8-10-23(16-17)18-6-7-18/h17-18H,3-16H2,1-2H3,(H2,20,21,22). The van der Waals surface area contributed by atoms with Crippen LogP contribution in [-0.4, -0.2) is 76.1 Å². The summed E-state index contributed by atoms with van der Waals surface area (Å²) in [6.45, 7) is 12.2. The molecule has 0 bridgehead atoms. The van der Waals surface area contributed by atoms with E-state index in [1.807, 2.05) is 0 Å². The number of aliphatic imine (C=N–C) groups is 1. The van der Waals surface area contributed by atoms with E-state index in [1.165, 1.54) is 38.8 Å². The number of rotatable bonds is 13. The quantitative estimate of drug-likeness (QED) is 0.300. The van der Waals surface area contributed by atoms with Crippen LogP contribution in [0.25, 0.3) is 0 Å². The largest absolute Gasteiger partial charge is 0.379 e. The van der Waals surface area contributed by atoms with Gasteiger partial charge in [-0.15, -0.1) is 0 Å².